The van der Waals surface area contributed by atoms with Gasteiger partial charge in [0, 0.05) is 7.11 Å². The predicted octanol–water partition coefficient (Wildman–Crippen LogP) is 3.03. The summed E-state index contributed by atoms with van der Waals surface area (Å²) in [5.41, 5.74) is 0.798. The summed E-state index contributed by atoms with van der Waals surface area (Å²) in [5.74, 6) is -2.10. The first-order valence-electron chi connectivity index (χ1n) is 11.6. The highest BCUT2D eigenvalue weighted by Crippen LogP contribution is 2.28. The van der Waals surface area contributed by atoms with Crippen LogP contribution >= 0.6 is 0 Å². The fourth-order valence-corrected chi connectivity index (χ4v) is 3.83. The lowest BCUT2D eigenvalue weighted by molar-refractivity contribution is -0.292. The first-order valence-corrected chi connectivity index (χ1v) is 11.6. The van der Waals surface area contributed by atoms with Crippen molar-refractivity contribution in [1.29, 1.82) is 0 Å². The van der Waals surface area contributed by atoms with E-state index in [4.69, 9.17) is 23.7 Å². The number of ether oxygens (including phenoxy) is 5. The van der Waals surface area contributed by atoms with Crippen LogP contribution < -0.4 is 0 Å². The molecule has 4 rings (SSSR count). The van der Waals surface area contributed by atoms with Crippen LogP contribution in [0.25, 0.3) is 0 Å². The summed E-state index contributed by atoms with van der Waals surface area (Å²) < 4.78 is 27.7. The van der Waals surface area contributed by atoms with Crippen molar-refractivity contribution in [1.82, 2.24) is 0 Å². The fourth-order valence-electron chi connectivity index (χ4n) is 3.83. The summed E-state index contributed by atoms with van der Waals surface area (Å²) >= 11 is 0. The third kappa shape index (κ3) is 6.39. The molecule has 0 saturated carbocycles. The number of carbonyl (C=O) groups excluding carboxylic acids is 3. The van der Waals surface area contributed by atoms with E-state index < -0.39 is 48.6 Å². The van der Waals surface area contributed by atoms with Gasteiger partial charge in [-0.2, -0.15) is 0 Å². The molecule has 2 unspecified atom stereocenters. The summed E-state index contributed by atoms with van der Waals surface area (Å²) in [7, 11) is 1.31. The number of esters is 3. The first-order chi connectivity index (χ1) is 18.0. The van der Waals surface area contributed by atoms with Crippen LogP contribution in [0.1, 0.15) is 31.1 Å². The van der Waals surface area contributed by atoms with E-state index in [9.17, 15) is 19.5 Å². The Balaban J connectivity index is 1.55. The van der Waals surface area contributed by atoms with E-state index in [0.717, 1.165) is 0 Å². The predicted molar refractivity (Wildman–Crippen MR) is 130 cm³/mol. The van der Waals surface area contributed by atoms with Gasteiger partial charge in [-0.15, -0.1) is 0 Å². The van der Waals surface area contributed by atoms with Crippen molar-refractivity contribution in [2.45, 2.75) is 30.7 Å². The average molecular weight is 507 g/mol. The maximum absolute atomic E-state index is 12.9. The van der Waals surface area contributed by atoms with E-state index in [1.165, 1.54) is 7.11 Å². The molecular formula is C28H26O9. The van der Waals surface area contributed by atoms with Gasteiger partial charge in [-0.1, -0.05) is 54.6 Å². The summed E-state index contributed by atoms with van der Waals surface area (Å²) in [6.07, 6.45) is -6.60. The second-order valence-electron chi connectivity index (χ2n) is 8.21. The average Bonchev–Trinajstić information content (AvgIpc) is 2.95. The van der Waals surface area contributed by atoms with E-state index in [0.29, 0.717) is 5.56 Å². The molecule has 0 radical (unpaired) electrons. The van der Waals surface area contributed by atoms with Gasteiger partial charge in [0.1, 0.15) is 18.8 Å². The van der Waals surface area contributed by atoms with Crippen molar-refractivity contribution in [2.75, 3.05) is 13.7 Å². The highest BCUT2D eigenvalue weighted by molar-refractivity contribution is 5.90. The lowest BCUT2D eigenvalue weighted by Gasteiger charge is -2.42. The molecule has 1 aliphatic rings. The molecule has 5 atom stereocenters. The molecular weight excluding hydrogens is 480 g/mol. The second-order valence-corrected chi connectivity index (χ2v) is 8.21. The van der Waals surface area contributed by atoms with Gasteiger partial charge in [-0.3, -0.25) is 0 Å². The molecule has 192 valence electrons. The van der Waals surface area contributed by atoms with Crippen LogP contribution in [-0.2, 0) is 23.7 Å². The molecule has 0 spiro atoms. The van der Waals surface area contributed by atoms with Gasteiger partial charge in [-0.05, 0) is 36.4 Å². The molecule has 3 aromatic carbocycles. The molecule has 1 heterocycles. The Bertz CT molecular complexity index is 1180. The summed E-state index contributed by atoms with van der Waals surface area (Å²) in [6.45, 7) is -0.368. The van der Waals surface area contributed by atoms with Crippen molar-refractivity contribution >= 4 is 17.9 Å². The number of aliphatic hydroxyl groups excluding tert-OH is 1. The number of aliphatic hydroxyl groups is 1. The molecule has 1 saturated heterocycles. The monoisotopic (exact) mass is 506 g/mol. The van der Waals surface area contributed by atoms with E-state index in [-0.39, 0.29) is 17.7 Å². The highest BCUT2D eigenvalue weighted by Gasteiger charge is 2.50. The van der Waals surface area contributed by atoms with Gasteiger partial charge in [-0.25, -0.2) is 14.4 Å². The van der Waals surface area contributed by atoms with Crippen molar-refractivity contribution in [3.63, 3.8) is 0 Å². The smallest absolute Gasteiger partial charge is 0.338 e. The lowest BCUT2D eigenvalue weighted by Crippen LogP contribution is -2.61. The van der Waals surface area contributed by atoms with Gasteiger partial charge >= 0.3 is 17.9 Å². The zero-order chi connectivity index (χ0) is 26.2. The topological polar surface area (TPSA) is 118 Å². The van der Waals surface area contributed by atoms with Gasteiger partial charge in [0.05, 0.1) is 16.7 Å². The zero-order valence-electron chi connectivity index (χ0n) is 20.0. The molecule has 37 heavy (non-hydrogen) atoms. The molecule has 9 nitrogen and oxygen atoms in total. The van der Waals surface area contributed by atoms with Crippen LogP contribution in [0.3, 0.4) is 0 Å². The number of hydrogen-bond donors (Lipinski definition) is 1. The molecule has 1 fully saturated rings. The van der Waals surface area contributed by atoms with Crippen molar-refractivity contribution in [3.8, 4) is 0 Å². The maximum Gasteiger partial charge on any atom is 0.338 e. The van der Waals surface area contributed by atoms with Gasteiger partial charge in [0.2, 0.25) is 0 Å². The second kappa shape index (κ2) is 12.3. The standard InChI is InChI=1S/C28H26O9/c1-33-28-24(37-27(32)20-15-9-4-10-16-20)23(36-26(31)19-13-7-3-8-14-19)22(29)21(35-28)17-34-25(30)18-11-5-2-6-12-18/h2-16,21-24,28-29H,17H2,1H3/t21?,22-,23-,24?,28-/m0/s1. The maximum atomic E-state index is 12.9. The van der Waals surface area contributed by atoms with Gasteiger partial charge < -0.3 is 28.8 Å². The first kappa shape index (κ1) is 26.0. The quantitative estimate of drug-likeness (QED) is 0.363. The number of carbonyl (C=O) groups is 3. The van der Waals surface area contributed by atoms with E-state index in [1.54, 1.807) is 91.0 Å². The number of rotatable bonds is 8. The minimum Gasteiger partial charge on any atom is -0.459 e. The fraction of sp³-hybridized carbons (Fsp3) is 0.250. The van der Waals surface area contributed by atoms with E-state index in [2.05, 4.69) is 0 Å². The zero-order valence-corrected chi connectivity index (χ0v) is 20.0. The molecule has 3 aromatic rings. The minimum atomic E-state index is -1.52. The Morgan fingerprint density at radius 1 is 0.703 bits per heavy atom. The Morgan fingerprint density at radius 3 is 1.59 bits per heavy atom. The van der Waals surface area contributed by atoms with Gasteiger partial charge in [0.15, 0.2) is 18.5 Å². The van der Waals surface area contributed by atoms with Crippen LogP contribution in [0.5, 0.6) is 0 Å². The third-order valence-electron chi connectivity index (χ3n) is 5.74. The molecule has 1 N–H and O–H groups in total. The van der Waals surface area contributed by atoms with Crippen LogP contribution in [0.15, 0.2) is 91.0 Å². The Labute approximate surface area is 213 Å². The summed E-state index contributed by atoms with van der Waals surface area (Å²) in [4.78, 5) is 38.1. The number of methoxy groups -OCH3 is 1. The van der Waals surface area contributed by atoms with E-state index in [1.807, 2.05) is 0 Å². The van der Waals surface area contributed by atoms with Crippen molar-refractivity contribution < 1.29 is 43.2 Å². The van der Waals surface area contributed by atoms with E-state index >= 15 is 0 Å². The normalized spacial score (nSPS) is 23.0. The third-order valence-corrected chi connectivity index (χ3v) is 5.74. The SMILES string of the molecule is CO[C@H]1OC(COC(=O)c2ccccc2)[C@H](O)[C@H](OC(=O)c2ccccc2)C1OC(=O)c1ccccc1. The number of benzene rings is 3. The minimum absolute atomic E-state index is 0.232. The molecule has 9 heteroatoms. The molecule has 0 amide bonds. The molecule has 0 aromatic heterocycles. The van der Waals surface area contributed by atoms with Crippen LogP contribution in [0, 0.1) is 0 Å². The summed E-state index contributed by atoms with van der Waals surface area (Å²) in [6, 6.07) is 24.7. The van der Waals surface area contributed by atoms with Gasteiger partial charge in [0.25, 0.3) is 0 Å². The van der Waals surface area contributed by atoms with Crippen LogP contribution in [0.2, 0.25) is 0 Å². The van der Waals surface area contributed by atoms with Crippen LogP contribution in [0.4, 0.5) is 0 Å². The van der Waals surface area contributed by atoms with Crippen LogP contribution in [-0.4, -0.2) is 67.4 Å². The Kier molecular flexibility index (Phi) is 8.63. The largest absolute Gasteiger partial charge is 0.459 e. The molecule has 0 bridgehead atoms. The molecule has 0 aliphatic carbocycles. The molecule has 1 aliphatic heterocycles. The van der Waals surface area contributed by atoms with Crippen molar-refractivity contribution in [2.24, 2.45) is 0 Å². The van der Waals surface area contributed by atoms with Crippen molar-refractivity contribution in [3.05, 3.63) is 108 Å². The Morgan fingerprint density at radius 2 is 1.14 bits per heavy atom. The summed E-state index contributed by atoms with van der Waals surface area (Å²) in [5, 5.41) is 11.1. The highest BCUT2D eigenvalue weighted by atomic mass is 16.7. The Hall–Kier alpha value is -4.05. The number of hydrogen-bond acceptors (Lipinski definition) is 9. The lowest BCUT2D eigenvalue weighted by atomic mass is 9.98.